The molecule has 1 unspecified atom stereocenters. The highest BCUT2D eigenvalue weighted by atomic mass is 35.5. The Morgan fingerprint density at radius 3 is 2.70 bits per heavy atom. The van der Waals surface area contributed by atoms with Crippen molar-refractivity contribution in [3.63, 3.8) is 0 Å². The Morgan fingerprint density at radius 1 is 1.20 bits per heavy atom. The molecule has 0 fully saturated rings. The first kappa shape index (κ1) is 19.4. The molecule has 0 aliphatic rings. The zero-order valence-corrected chi connectivity index (χ0v) is 16.8. The van der Waals surface area contributed by atoms with Crippen LogP contribution >= 0.6 is 11.6 Å². The molecule has 3 N–H and O–H groups in total. The Balaban J connectivity index is 1.93. The Hall–Kier alpha value is -3.89. The van der Waals surface area contributed by atoms with Gasteiger partial charge in [-0.15, -0.1) is 0 Å². The van der Waals surface area contributed by atoms with E-state index in [9.17, 15) is 10.1 Å². The maximum atomic E-state index is 13.5. The molecule has 0 spiro atoms. The van der Waals surface area contributed by atoms with E-state index in [1.54, 1.807) is 16.7 Å². The molecule has 4 rings (SSSR count). The molecular formula is C22H17ClN6O. The fourth-order valence-corrected chi connectivity index (χ4v) is 3.63. The van der Waals surface area contributed by atoms with Crippen LogP contribution in [-0.2, 0) is 0 Å². The van der Waals surface area contributed by atoms with Gasteiger partial charge in [-0.25, -0.2) is 4.98 Å². The van der Waals surface area contributed by atoms with Gasteiger partial charge in [-0.05, 0) is 36.6 Å². The van der Waals surface area contributed by atoms with Gasteiger partial charge in [0.1, 0.15) is 17.5 Å². The lowest BCUT2D eigenvalue weighted by Crippen LogP contribution is -2.26. The topological polar surface area (TPSA) is 110 Å². The van der Waals surface area contributed by atoms with Gasteiger partial charge in [0.25, 0.3) is 5.56 Å². The SMILES string of the molecule is CC(Nc1nc(N)ncc1C#N)c1cc2cccc(Cl)c2c(=O)n1-c1ccccc1. The van der Waals surface area contributed by atoms with Crippen molar-refractivity contribution in [2.75, 3.05) is 11.1 Å². The number of anilines is 2. The maximum Gasteiger partial charge on any atom is 0.264 e. The molecule has 2 heterocycles. The van der Waals surface area contributed by atoms with Crippen molar-refractivity contribution in [2.45, 2.75) is 13.0 Å². The van der Waals surface area contributed by atoms with Gasteiger partial charge < -0.3 is 11.1 Å². The van der Waals surface area contributed by atoms with Crippen LogP contribution in [0.2, 0.25) is 5.02 Å². The number of nitrogens with two attached hydrogens (primary N) is 1. The standard InChI is InChI=1S/C22H17ClN6O/c1-13(27-20-15(11-24)12-26-22(25)28-20)18-10-14-6-5-9-17(23)19(14)21(30)29(18)16-7-3-2-4-8-16/h2-10,12-13H,1H3,(H3,25,26,27,28). The highest BCUT2D eigenvalue weighted by molar-refractivity contribution is 6.35. The van der Waals surface area contributed by atoms with Crippen molar-refractivity contribution in [2.24, 2.45) is 0 Å². The molecule has 0 aliphatic heterocycles. The van der Waals surface area contributed by atoms with E-state index in [1.807, 2.05) is 55.5 Å². The maximum absolute atomic E-state index is 13.5. The average molecular weight is 417 g/mol. The summed E-state index contributed by atoms with van der Waals surface area (Å²) in [6.45, 7) is 1.88. The number of hydrogen-bond acceptors (Lipinski definition) is 6. The van der Waals surface area contributed by atoms with E-state index in [2.05, 4.69) is 15.3 Å². The van der Waals surface area contributed by atoms with Gasteiger partial charge in [0, 0.05) is 11.4 Å². The van der Waals surface area contributed by atoms with Crippen molar-refractivity contribution in [3.8, 4) is 11.8 Å². The number of nitriles is 1. The van der Waals surface area contributed by atoms with Gasteiger partial charge >= 0.3 is 0 Å². The first-order valence-electron chi connectivity index (χ1n) is 9.18. The summed E-state index contributed by atoms with van der Waals surface area (Å²) in [5, 5.41) is 14.1. The molecule has 0 saturated heterocycles. The molecular weight excluding hydrogens is 400 g/mol. The molecule has 2 aromatic carbocycles. The third kappa shape index (κ3) is 3.45. The van der Waals surface area contributed by atoms with Crippen LogP contribution in [0, 0.1) is 11.3 Å². The Morgan fingerprint density at radius 2 is 1.97 bits per heavy atom. The van der Waals surface area contributed by atoms with Crippen LogP contribution in [0.25, 0.3) is 16.5 Å². The van der Waals surface area contributed by atoms with Crippen LogP contribution in [0.3, 0.4) is 0 Å². The number of nitrogens with zero attached hydrogens (tertiary/aromatic N) is 4. The molecule has 0 radical (unpaired) electrons. The number of hydrogen-bond donors (Lipinski definition) is 2. The lowest BCUT2D eigenvalue weighted by atomic mass is 10.1. The summed E-state index contributed by atoms with van der Waals surface area (Å²) in [7, 11) is 0. The molecule has 4 aromatic rings. The van der Waals surface area contributed by atoms with Crippen LogP contribution in [0.4, 0.5) is 11.8 Å². The Kier molecular flexibility index (Phi) is 5.09. The molecule has 1 atom stereocenters. The average Bonchev–Trinajstić information content (AvgIpc) is 2.74. The number of para-hydroxylation sites is 1. The lowest BCUT2D eigenvalue weighted by Gasteiger charge is -2.22. The van der Waals surface area contributed by atoms with Gasteiger partial charge in [-0.2, -0.15) is 10.2 Å². The number of halogens is 1. The van der Waals surface area contributed by atoms with E-state index < -0.39 is 0 Å². The number of pyridine rings is 1. The van der Waals surface area contributed by atoms with Crippen LogP contribution in [0.15, 0.2) is 65.6 Å². The largest absolute Gasteiger partial charge is 0.368 e. The number of aromatic nitrogens is 3. The smallest absolute Gasteiger partial charge is 0.264 e. The van der Waals surface area contributed by atoms with Crippen LogP contribution in [-0.4, -0.2) is 14.5 Å². The molecule has 0 bridgehead atoms. The quantitative estimate of drug-likeness (QED) is 0.519. The van der Waals surface area contributed by atoms with E-state index in [1.165, 1.54) is 6.20 Å². The molecule has 0 amide bonds. The van der Waals surface area contributed by atoms with Crippen LogP contribution in [0.5, 0.6) is 0 Å². The fraction of sp³-hybridized carbons (Fsp3) is 0.0909. The third-order valence-electron chi connectivity index (χ3n) is 4.76. The molecule has 148 valence electrons. The first-order valence-corrected chi connectivity index (χ1v) is 9.56. The number of fused-ring (bicyclic) bond motifs is 1. The second-order valence-corrected chi connectivity index (χ2v) is 7.12. The second kappa shape index (κ2) is 7.85. The summed E-state index contributed by atoms with van der Waals surface area (Å²) in [6.07, 6.45) is 1.36. The van der Waals surface area contributed by atoms with Gasteiger partial charge in [-0.3, -0.25) is 9.36 Å². The number of nitrogen functional groups attached to an aromatic ring is 1. The van der Waals surface area contributed by atoms with Crippen molar-refractivity contribution in [3.05, 3.63) is 87.4 Å². The van der Waals surface area contributed by atoms with Crippen LogP contribution in [0.1, 0.15) is 24.2 Å². The van der Waals surface area contributed by atoms with Crippen molar-refractivity contribution in [1.29, 1.82) is 5.26 Å². The van der Waals surface area contributed by atoms with Gasteiger partial charge in [0.15, 0.2) is 0 Å². The number of nitrogens with one attached hydrogen (secondary N) is 1. The normalized spacial score (nSPS) is 11.8. The number of benzene rings is 2. The monoisotopic (exact) mass is 416 g/mol. The van der Waals surface area contributed by atoms with Crippen molar-refractivity contribution in [1.82, 2.24) is 14.5 Å². The summed E-state index contributed by atoms with van der Waals surface area (Å²) in [6, 6.07) is 18.2. The van der Waals surface area contributed by atoms with Crippen molar-refractivity contribution < 1.29 is 0 Å². The lowest BCUT2D eigenvalue weighted by molar-refractivity contribution is 0.772. The third-order valence-corrected chi connectivity index (χ3v) is 5.08. The number of rotatable bonds is 4. The molecule has 30 heavy (non-hydrogen) atoms. The van der Waals surface area contributed by atoms with Gasteiger partial charge in [-0.1, -0.05) is 41.9 Å². The van der Waals surface area contributed by atoms with Crippen molar-refractivity contribution >= 4 is 34.1 Å². The summed E-state index contributed by atoms with van der Waals surface area (Å²) < 4.78 is 1.61. The predicted molar refractivity (Wildman–Crippen MR) is 118 cm³/mol. The molecule has 0 aliphatic carbocycles. The zero-order valence-electron chi connectivity index (χ0n) is 16.0. The van der Waals surface area contributed by atoms with Gasteiger partial charge in [0.05, 0.1) is 22.6 Å². The minimum absolute atomic E-state index is 0.0504. The van der Waals surface area contributed by atoms with E-state index >= 15 is 0 Å². The molecule has 7 nitrogen and oxygen atoms in total. The minimum Gasteiger partial charge on any atom is -0.368 e. The molecule has 0 saturated carbocycles. The first-order chi connectivity index (χ1) is 14.5. The molecule has 8 heteroatoms. The second-order valence-electron chi connectivity index (χ2n) is 6.72. The highest BCUT2D eigenvalue weighted by Crippen LogP contribution is 2.27. The summed E-state index contributed by atoms with van der Waals surface area (Å²) in [5.74, 6) is 0.352. The Labute approximate surface area is 177 Å². The van der Waals surface area contributed by atoms with Crippen LogP contribution < -0.4 is 16.6 Å². The van der Waals surface area contributed by atoms with Gasteiger partial charge in [0.2, 0.25) is 5.95 Å². The summed E-state index contributed by atoms with van der Waals surface area (Å²) in [4.78, 5) is 21.4. The van der Waals surface area contributed by atoms with E-state index in [0.29, 0.717) is 27.6 Å². The predicted octanol–water partition coefficient (Wildman–Crippen LogP) is 4.06. The Bertz CT molecular complexity index is 1340. The zero-order chi connectivity index (χ0) is 21.3. The van der Waals surface area contributed by atoms with E-state index in [0.717, 1.165) is 5.39 Å². The summed E-state index contributed by atoms with van der Waals surface area (Å²) >= 11 is 6.34. The minimum atomic E-state index is -0.386. The van der Waals surface area contributed by atoms with E-state index in [4.69, 9.17) is 17.3 Å². The highest BCUT2D eigenvalue weighted by Gasteiger charge is 2.19. The summed E-state index contributed by atoms with van der Waals surface area (Å²) in [5.41, 5.74) is 7.11. The molecule has 2 aromatic heterocycles. The fourth-order valence-electron chi connectivity index (χ4n) is 3.37. The van der Waals surface area contributed by atoms with E-state index in [-0.39, 0.29) is 23.1 Å².